The number of hydrogen-bond donors (Lipinski definition) is 3. The van der Waals surface area contributed by atoms with Crippen LogP contribution in [0.15, 0.2) is 30.3 Å². The van der Waals surface area contributed by atoms with E-state index in [9.17, 15) is 19.5 Å². The second kappa shape index (κ2) is 11.7. The number of carboxylic acids is 1. The smallest absolute Gasteiger partial charge is 0.407 e. The van der Waals surface area contributed by atoms with E-state index in [1.54, 1.807) is 0 Å². The van der Waals surface area contributed by atoms with Gasteiger partial charge in [0.1, 0.15) is 6.04 Å². The fourth-order valence-electron chi connectivity index (χ4n) is 4.60. The summed E-state index contributed by atoms with van der Waals surface area (Å²) in [7, 11) is 1.28. The van der Waals surface area contributed by atoms with Crippen LogP contribution < -0.4 is 10.6 Å². The SMILES string of the molecule is CCC(CC)C[C@H](NC(C)=O)[C@H]1[C@H](NC(=O)OC)C[C@H](C(=O)O)N1Cc1ccccc1. The van der Waals surface area contributed by atoms with Gasteiger partial charge in [-0.3, -0.25) is 14.5 Å². The van der Waals surface area contributed by atoms with E-state index in [-0.39, 0.29) is 24.4 Å². The molecule has 1 fully saturated rings. The zero-order chi connectivity index (χ0) is 23.0. The third-order valence-corrected chi connectivity index (χ3v) is 6.20. The van der Waals surface area contributed by atoms with E-state index in [1.807, 2.05) is 35.2 Å². The van der Waals surface area contributed by atoms with Crippen molar-refractivity contribution < 1.29 is 24.2 Å². The summed E-state index contributed by atoms with van der Waals surface area (Å²) in [5, 5.41) is 15.8. The Morgan fingerprint density at radius 2 is 1.84 bits per heavy atom. The van der Waals surface area contributed by atoms with Gasteiger partial charge in [0.15, 0.2) is 0 Å². The average Bonchev–Trinajstić information content (AvgIpc) is 3.09. The highest BCUT2D eigenvalue weighted by atomic mass is 16.5. The Hall–Kier alpha value is -2.61. The van der Waals surface area contributed by atoms with Crippen molar-refractivity contribution in [2.45, 2.75) is 77.2 Å². The number of methoxy groups -OCH3 is 1. The Balaban J connectivity index is 2.46. The number of alkyl carbamates (subject to hydrolysis) is 1. The Bertz CT molecular complexity index is 738. The Morgan fingerprint density at radius 3 is 2.35 bits per heavy atom. The fraction of sp³-hybridized carbons (Fsp3) is 0.609. The quantitative estimate of drug-likeness (QED) is 0.524. The summed E-state index contributed by atoms with van der Waals surface area (Å²) in [6, 6.07) is 7.69. The molecule has 2 rings (SSSR count). The minimum absolute atomic E-state index is 0.175. The molecule has 2 amide bonds. The van der Waals surface area contributed by atoms with Crippen molar-refractivity contribution in [3.05, 3.63) is 35.9 Å². The third-order valence-electron chi connectivity index (χ3n) is 6.20. The predicted molar refractivity (Wildman–Crippen MR) is 117 cm³/mol. The first-order valence-electron chi connectivity index (χ1n) is 10.9. The lowest BCUT2D eigenvalue weighted by molar-refractivity contribution is -0.143. The molecule has 0 saturated carbocycles. The van der Waals surface area contributed by atoms with E-state index in [2.05, 4.69) is 24.5 Å². The van der Waals surface area contributed by atoms with Crippen LogP contribution in [0, 0.1) is 5.92 Å². The number of carbonyl (C=O) groups excluding carboxylic acids is 2. The molecule has 1 saturated heterocycles. The van der Waals surface area contributed by atoms with Crippen LogP contribution in [0.5, 0.6) is 0 Å². The second-order valence-electron chi connectivity index (χ2n) is 8.21. The predicted octanol–water partition coefficient (Wildman–Crippen LogP) is 2.77. The van der Waals surface area contributed by atoms with Crippen LogP contribution in [0.4, 0.5) is 4.79 Å². The van der Waals surface area contributed by atoms with E-state index in [1.165, 1.54) is 14.0 Å². The lowest BCUT2D eigenvalue weighted by Crippen LogP contribution is -2.57. The van der Waals surface area contributed by atoms with Crippen LogP contribution >= 0.6 is 0 Å². The molecular formula is C23H35N3O5. The summed E-state index contributed by atoms with van der Waals surface area (Å²) in [6.07, 6.45) is 2.24. The number of ether oxygens (including phenoxy) is 1. The Kier molecular flexibility index (Phi) is 9.30. The number of amides is 2. The molecule has 0 aliphatic carbocycles. The maximum atomic E-state index is 12.2. The van der Waals surface area contributed by atoms with Crippen LogP contribution in [0.1, 0.15) is 52.0 Å². The van der Waals surface area contributed by atoms with Gasteiger partial charge in [-0.25, -0.2) is 4.79 Å². The summed E-state index contributed by atoms with van der Waals surface area (Å²) in [4.78, 5) is 38.2. The molecule has 31 heavy (non-hydrogen) atoms. The first kappa shape index (κ1) is 24.7. The number of aliphatic carboxylic acids is 1. The minimum atomic E-state index is -0.945. The number of likely N-dealkylation sites (tertiary alicyclic amines) is 1. The number of nitrogens with zero attached hydrogens (tertiary/aromatic N) is 1. The normalized spacial score (nSPS) is 22.2. The van der Waals surface area contributed by atoms with E-state index in [4.69, 9.17) is 4.74 Å². The summed E-state index contributed by atoms with van der Waals surface area (Å²) >= 11 is 0. The van der Waals surface area contributed by atoms with Gasteiger partial charge >= 0.3 is 12.1 Å². The highest BCUT2D eigenvalue weighted by molar-refractivity contribution is 5.76. The zero-order valence-electron chi connectivity index (χ0n) is 18.8. The molecule has 0 bridgehead atoms. The molecule has 1 aliphatic rings. The van der Waals surface area contributed by atoms with E-state index >= 15 is 0 Å². The molecule has 0 aromatic heterocycles. The molecule has 8 nitrogen and oxygen atoms in total. The van der Waals surface area contributed by atoms with Crippen molar-refractivity contribution >= 4 is 18.0 Å². The molecule has 0 unspecified atom stereocenters. The summed E-state index contributed by atoms with van der Waals surface area (Å²) in [6.45, 7) is 6.09. The van der Waals surface area contributed by atoms with E-state index in [0.717, 1.165) is 18.4 Å². The van der Waals surface area contributed by atoms with Crippen LogP contribution in [0.3, 0.4) is 0 Å². The van der Waals surface area contributed by atoms with Crippen molar-refractivity contribution in [2.24, 2.45) is 5.92 Å². The maximum Gasteiger partial charge on any atom is 0.407 e. The number of nitrogens with one attached hydrogen (secondary N) is 2. The van der Waals surface area contributed by atoms with Gasteiger partial charge in [-0.05, 0) is 24.3 Å². The molecule has 8 heteroatoms. The Labute approximate surface area is 184 Å². The average molecular weight is 434 g/mol. The van der Waals surface area contributed by atoms with Crippen molar-refractivity contribution in [3.8, 4) is 0 Å². The summed E-state index contributed by atoms with van der Waals surface area (Å²) < 4.78 is 4.79. The summed E-state index contributed by atoms with van der Waals surface area (Å²) in [5.74, 6) is -0.747. The number of carboxylic acid groups (broad SMARTS) is 1. The van der Waals surface area contributed by atoms with Crippen LogP contribution in [0.25, 0.3) is 0 Å². The van der Waals surface area contributed by atoms with Gasteiger partial charge in [0.2, 0.25) is 5.91 Å². The molecule has 0 spiro atoms. The molecule has 172 valence electrons. The highest BCUT2D eigenvalue weighted by Gasteiger charge is 2.49. The highest BCUT2D eigenvalue weighted by Crippen LogP contribution is 2.32. The molecule has 1 aromatic carbocycles. The Morgan fingerprint density at radius 1 is 1.19 bits per heavy atom. The monoisotopic (exact) mass is 433 g/mol. The number of carbonyl (C=O) groups is 3. The van der Waals surface area contributed by atoms with Crippen LogP contribution in [-0.2, 0) is 20.9 Å². The molecule has 3 N–H and O–H groups in total. The molecule has 4 atom stereocenters. The van der Waals surface area contributed by atoms with Crippen LogP contribution in [0.2, 0.25) is 0 Å². The minimum Gasteiger partial charge on any atom is -0.480 e. The number of rotatable bonds is 10. The van der Waals surface area contributed by atoms with Crippen molar-refractivity contribution in [1.29, 1.82) is 0 Å². The topological polar surface area (TPSA) is 108 Å². The lowest BCUT2D eigenvalue weighted by Gasteiger charge is -2.38. The number of benzene rings is 1. The van der Waals surface area contributed by atoms with Crippen molar-refractivity contribution in [3.63, 3.8) is 0 Å². The molecule has 0 radical (unpaired) electrons. The van der Waals surface area contributed by atoms with Crippen molar-refractivity contribution in [1.82, 2.24) is 15.5 Å². The van der Waals surface area contributed by atoms with Gasteiger partial charge < -0.3 is 20.5 Å². The fourth-order valence-corrected chi connectivity index (χ4v) is 4.60. The van der Waals surface area contributed by atoms with Crippen LogP contribution in [-0.4, -0.2) is 59.3 Å². The molecule has 1 heterocycles. The standard InChI is InChI=1S/C23H35N3O5/c1-5-16(6-2)12-18(24-15(3)27)21-19(25-23(30)31-4)13-20(22(28)29)26(21)14-17-10-8-7-9-11-17/h7-11,16,18-21H,5-6,12-14H2,1-4H3,(H,24,27)(H,25,30)(H,28,29)/t18-,19+,20+,21-/m0/s1. The van der Waals surface area contributed by atoms with Gasteiger partial charge in [0, 0.05) is 19.5 Å². The number of hydrogen-bond acceptors (Lipinski definition) is 5. The third kappa shape index (κ3) is 6.69. The molecule has 1 aromatic rings. The lowest BCUT2D eigenvalue weighted by atomic mass is 9.88. The van der Waals surface area contributed by atoms with Gasteiger partial charge in [-0.15, -0.1) is 0 Å². The van der Waals surface area contributed by atoms with Gasteiger partial charge in [0.05, 0.1) is 19.2 Å². The second-order valence-corrected chi connectivity index (χ2v) is 8.21. The molecular weight excluding hydrogens is 398 g/mol. The first-order chi connectivity index (χ1) is 14.8. The van der Waals surface area contributed by atoms with Gasteiger partial charge in [0.25, 0.3) is 0 Å². The summed E-state index contributed by atoms with van der Waals surface area (Å²) in [5.41, 5.74) is 0.974. The first-order valence-corrected chi connectivity index (χ1v) is 10.9. The van der Waals surface area contributed by atoms with Gasteiger partial charge in [-0.1, -0.05) is 57.0 Å². The van der Waals surface area contributed by atoms with E-state index < -0.39 is 24.1 Å². The van der Waals surface area contributed by atoms with Crippen molar-refractivity contribution in [2.75, 3.05) is 7.11 Å². The molecule has 1 aliphatic heterocycles. The van der Waals surface area contributed by atoms with Gasteiger partial charge in [-0.2, -0.15) is 0 Å². The van der Waals surface area contributed by atoms with E-state index in [0.29, 0.717) is 18.9 Å². The maximum absolute atomic E-state index is 12.2. The largest absolute Gasteiger partial charge is 0.480 e. The zero-order valence-corrected chi connectivity index (χ0v) is 18.8.